The van der Waals surface area contributed by atoms with Crippen molar-refractivity contribution < 1.29 is 14.2 Å². The summed E-state index contributed by atoms with van der Waals surface area (Å²) in [6.07, 6.45) is 2.55. The molecule has 0 spiro atoms. The van der Waals surface area contributed by atoms with Gasteiger partial charge in [0.25, 0.3) is 0 Å². The van der Waals surface area contributed by atoms with Gasteiger partial charge in [0, 0.05) is 13.7 Å². The number of rotatable bonds is 8. The van der Waals surface area contributed by atoms with E-state index in [9.17, 15) is 0 Å². The van der Waals surface area contributed by atoms with Gasteiger partial charge in [0.05, 0.1) is 19.3 Å². The zero-order valence-corrected chi connectivity index (χ0v) is 10.3. The summed E-state index contributed by atoms with van der Waals surface area (Å²) in [5.74, 6) is 0. The molecule has 2 rings (SSSR count). The van der Waals surface area contributed by atoms with Gasteiger partial charge in [-0.1, -0.05) is 30.3 Å². The quantitative estimate of drug-likeness (QED) is 0.513. The Hall–Kier alpha value is -0.900. The minimum Gasteiger partial charge on any atom is -0.379 e. The third kappa shape index (κ3) is 4.46. The van der Waals surface area contributed by atoms with Crippen LogP contribution in [0.4, 0.5) is 0 Å². The Kier molecular flexibility index (Phi) is 4.98. The van der Waals surface area contributed by atoms with Crippen LogP contribution in [0.25, 0.3) is 0 Å². The second-order valence-corrected chi connectivity index (χ2v) is 4.31. The minimum absolute atomic E-state index is 0.178. The molecule has 3 heteroatoms. The van der Waals surface area contributed by atoms with Crippen molar-refractivity contribution in [2.24, 2.45) is 0 Å². The van der Waals surface area contributed by atoms with Gasteiger partial charge in [0.15, 0.2) is 0 Å². The summed E-state index contributed by atoms with van der Waals surface area (Å²) in [4.78, 5) is 0. The van der Waals surface area contributed by atoms with Gasteiger partial charge >= 0.3 is 0 Å². The molecule has 0 saturated carbocycles. The summed E-state index contributed by atoms with van der Waals surface area (Å²) in [6, 6.07) is 10.3. The standard InChI is InChI=1S/C14H20O3/c1-15-14(12-6-3-2-4-7-12)8-5-9-16-10-13-11-17-13/h2-4,6-7,13-14H,5,8-11H2,1H3. The molecule has 3 nitrogen and oxygen atoms in total. The van der Waals surface area contributed by atoms with Gasteiger partial charge in [-0.3, -0.25) is 0 Å². The second-order valence-electron chi connectivity index (χ2n) is 4.31. The zero-order chi connectivity index (χ0) is 11.9. The fourth-order valence-electron chi connectivity index (χ4n) is 1.84. The molecule has 0 radical (unpaired) electrons. The second kappa shape index (κ2) is 6.74. The average molecular weight is 236 g/mol. The van der Waals surface area contributed by atoms with Crippen LogP contribution in [0.1, 0.15) is 24.5 Å². The Morgan fingerprint density at radius 2 is 2.12 bits per heavy atom. The summed E-state index contributed by atoms with van der Waals surface area (Å²) < 4.78 is 16.1. The monoisotopic (exact) mass is 236 g/mol. The number of methoxy groups -OCH3 is 1. The van der Waals surface area contributed by atoms with Crippen molar-refractivity contribution in [1.82, 2.24) is 0 Å². The van der Waals surface area contributed by atoms with E-state index in [4.69, 9.17) is 14.2 Å². The van der Waals surface area contributed by atoms with Gasteiger partial charge in [0.2, 0.25) is 0 Å². The molecule has 1 aliphatic heterocycles. The van der Waals surface area contributed by atoms with Crippen molar-refractivity contribution in [3.63, 3.8) is 0 Å². The maximum atomic E-state index is 5.51. The van der Waals surface area contributed by atoms with Crippen molar-refractivity contribution in [3.8, 4) is 0 Å². The summed E-state index contributed by atoms with van der Waals surface area (Å²) >= 11 is 0. The summed E-state index contributed by atoms with van der Waals surface area (Å²) in [6.45, 7) is 2.39. The van der Waals surface area contributed by atoms with E-state index in [0.717, 1.165) is 32.7 Å². The molecule has 1 aromatic rings. The molecular weight excluding hydrogens is 216 g/mol. The Morgan fingerprint density at radius 1 is 1.35 bits per heavy atom. The highest BCUT2D eigenvalue weighted by Crippen LogP contribution is 2.21. The molecular formula is C14H20O3. The van der Waals surface area contributed by atoms with Crippen LogP contribution in [0.3, 0.4) is 0 Å². The van der Waals surface area contributed by atoms with Crippen LogP contribution in [0, 0.1) is 0 Å². The van der Waals surface area contributed by atoms with Gasteiger partial charge in [-0.15, -0.1) is 0 Å². The molecule has 2 atom stereocenters. The van der Waals surface area contributed by atoms with Crippen molar-refractivity contribution in [3.05, 3.63) is 35.9 Å². The topological polar surface area (TPSA) is 31.0 Å². The molecule has 1 fully saturated rings. The van der Waals surface area contributed by atoms with Gasteiger partial charge in [-0.2, -0.15) is 0 Å². The smallest absolute Gasteiger partial charge is 0.104 e. The minimum atomic E-state index is 0.178. The van der Waals surface area contributed by atoms with Crippen LogP contribution in [0.5, 0.6) is 0 Å². The van der Waals surface area contributed by atoms with E-state index in [1.165, 1.54) is 5.56 Å². The lowest BCUT2D eigenvalue weighted by Gasteiger charge is -2.15. The Balaban J connectivity index is 1.64. The maximum Gasteiger partial charge on any atom is 0.104 e. The normalized spacial score (nSPS) is 20.2. The first-order chi connectivity index (χ1) is 8.40. The van der Waals surface area contributed by atoms with E-state index in [0.29, 0.717) is 6.10 Å². The molecule has 17 heavy (non-hydrogen) atoms. The third-order valence-electron chi connectivity index (χ3n) is 2.92. The first kappa shape index (κ1) is 12.6. The average Bonchev–Trinajstić information content (AvgIpc) is 3.19. The van der Waals surface area contributed by atoms with Gasteiger partial charge < -0.3 is 14.2 Å². The van der Waals surface area contributed by atoms with E-state index in [-0.39, 0.29) is 6.10 Å². The molecule has 94 valence electrons. The van der Waals surface area contributed by atoms with Crippen LogP contribution < -0.4 is 0 Å². The molecule has 2 unspecified atom stereocenters. The summed E-state index contributed by atoms with van der Waals surface area (Å²) in [7, 11) is 1.76. The summed E-state index contributed by atoms with van der Waals surface area (Å²) in [5.41, 5.74) is 1.24. The Labute approximate surface area is 103 Å². The largest absolute Gasteiger partial charge is 0.379 e. The number of hydrogen-bond donors (Lipinski definition) is 0. The van der Waals surface area contributed by atoms with Crippen LogP contribution >= 0.6 is 0 Å². The van der Waals surface area contributed by atoms with Gasteiger partial charge in [-0.05, 0) is 18.4 Å². The predicted octanol–water partition coefficient (Wildman–Crippen LogP) is 2.57. The van der Waals surface area contributed by atoms with E-state index < -0.39 is 0 Å². The molecule has 0 aliphatic carbocycles. The molecule has 1 saturated heterocycles. The Bertz CT molecular complexity index is 309. The van der Waals surface area contributed by atoms with Crippen molar-refractivity contribution in [2.45, 2.75) is 25.0 Å². The molecule has 0 amide bonds. The number of benzene rings is 1. The predicted molar refractivity (Wildman–Crippen MR) is 66.0 cm³/mol. The van der Waals surface area contributed by atoms with Crippen molar-refractivity contribution in [1.29, 1.82) is 0 Å². The highest BCUT2D eigenvalue weighted by Gasteiger charge is 2.22. The summed E-state index contributed by atoms with van der Waals surface area (Å²) in [5, 5.41) is 0. The molecule has 0 bridgehead atoms. The molecule has 0 aromatic heterocycles. The molecule has 0 N–H and O–H groups in total. The van der Waals surface area contributed by atoms with E-state index >= 15 is 0 Å². The van der Waals surface area contributed by atoms with E-state index in [1.807, 2.05) is 18.2 Å². The maximum absolute atomic E-state index is 5.51. The van der Waals surface area contributed by atoms with Crippen LogP contribution in [-0.4, -0.2) is 33.0 Å². The first-order valence-electron chi connectivity index (χ1n) is 6.17. The lowest BCUT2D eigenvalue weighted by molar-refractivity contribution is 0.0705. The number of ether oxygens (including phenoxy) is 3. The number of hydrogen-bond acceptors (Lipinski definition) is 3. The number of epoxide rings is 1. The SMILES string of the molecule is COC(CCCOCC1CO1)c1ccccc1. The van der Waals surface area contributed by atoms with Crippen LogP contribution in [0.2, 0.25) is 0 Å². The molecule has 1 aliphatic rings. The van der Waals surface area contributed by atoms with Gasteiger partial charge in [-0.25, -0.2) is 0 Å². The lowest BCUT2D eigenvalue weighted by Crippen LogP contribution is -2.06. The van der Waals surface area contributed by atoms with Crippen molar-refractivity contribution in [2.75, 3.05) is 26.9 Å². The highest BCUT2D eigenvalue weighted by molar-refractivity contribution is 5.17. The van der Waals surface area contributed by atoms with E-state index in [1.54, 1.807) is 7.11 Å². The van der Waals surface area contributed by atoms with Gasteiger partial charge in [0.1, 0.15) is 6.10 Å². The first-order valence-corrected chi connectivity index (χ1v) is 6.17. The zero-order valence-electron chi connectivity index (χ0n) is 10.3. The fourth-order valence-corrected chi connectivity index (χ4v) is 1.84. The third-order valence-corrected chi connectivity index (χ3v) is 2.92. The van der Waals surface area contributed by atoms with Crippen LogP contribution in [-0.2, 0) is 14.2 Å². The Morgan fingerprint density at radius 3 is 2.76 bits per heavy atom. The van der Waals surface area contributed by atoms with Crippen LogP contribution in [0.15, 0.2) is 30.3 Å². The highest BCUT2D eigenvalue weighted by atomic mass is 16.6. The lowest BCUT2D eigenvalue weighted by atomic mass is 10.1. The van der Waals surface area contributed by atoms with Crippen molar-refractivity contribution >= 4 is 0 Å². The molecule has 1 heterocycles. The van der Waals surface area contributed by atoms with E-state index in [2.05, 4.69) is 12.1 Å². The molecule has 1 aromatic carbocycles. The fraction of sp³-hybridized carbons (Fsp3) is 0.571.